The van der Waals surface area contributed by atoms with Crippen LogP contribution in [-0.4, -0.2) is 43.3 Å². The van der Waals surface area contributed by atoms with Gasteiger partial charge in [-0.15, -0.1) is 0 Å². The normalized spacial score (nSPS) is 15.4. The van der Waals surface area contributed by atoms with Gasteiger partial charge in [-0.1, -0.05) is 18.2 Å². The summed E-state index contributed by atoms with van der Waals surface area (Å²) in [5, 5.41) is 10.9. The number of hydrogen-bond acceptors (Lipinski definition) is 5. The third-order valence-electron chi connectivity index (χ3n) is 4.80. The van der Waals surface area contributed by atoms with Crippen LogP contribution in [-0.2, 0) is 10.0 Å². The highest BCUT2D eigenvalue weighted by Crippen LogP contribution is 2.21. The summed E-state index contributed by atoms with van der Waals surface area (Å²) in [6, 6.07) is 12.2. The van der Waals surface area contributed by atoms with Crippen molar-refractivity contribution >= 4 is 21.6 Å². The van der Waals surface area contributed by atoms with Crippen LogP contribution in [0.5, 0.6) is 0 Å². The molecular formula is C19H21N3O5S. The summed E-state index contributed by atoms with van der Waals surface area (Å²) in [6.07, 6.45) is 1.01. The Balaban J connectivity index is 1.61. The van der Waals surface area contributed by atoms with Crippen LogP contribution < -0.4 is 4.72 Å². The van der Waals surface area contributed by atoms with Crippen LogP contribution in [0.25, 0.3) is 0 Å². The fourth-order valence-electron chi connectivity index (χ4n) is 3.26. The molecule has 8 nitrogen and oxygen atoms in total. The van der Waals surface area contributed by atoms with Crippen molar-refractivity contribution in [3.8, 4) is 0 Å². The number of nitro benzene ring substituents is 1. The molecule has 0 aromatic heterocycles. The molecule has 1 aliphatic heterocycles. The van der Waals surface area contributed by atoms with Crippen LogP contribution in [0.1, 0.15) is 28.8 Å². The van der Waals surface area contributed by atoms with Crippen LogP contribution in [0.15, 0.2) is 53.4 Å². The maximum atomic E-state index is 12.7. The lowest BCUT2D eigenvalue weighted by Gasteiger charge is -2.32. The highest BCUT2D eigenvalue weighted by atomic mass is 32.2. The topological polar surface area (TPSA) is 110 Å². The number of piperidine rings is 1. The number of carbonyl (C=O) groups is 1. The molecule has 0 spiro atoms. The molecule has 2 aromatic rings. The Morgan fingerprint density at radius 3 is 2.36 bits per heavy atom. The van der Waals surface area contributed by atoms with Gasteiger partial charge in [-0.2, -0.15) is 0 Å². The minimum atomic E-state index is -3.59. The van der Waals surface area contributed by atoms with Crippen molar-refractivity contribution in [1.29, 1.82) is 0 Å². The molecule has 0 saturated carbocycles. The third kappa shape index (κ3) is 4.37. The number of benzene rings is 2. The zero-order valence-corrected chi connectivity index (χ0v) is 16.2. The monoisotopic (exact) mass is 403 g/mol. The summed E-state index contributed by atoms with van der Waals surface area (Å²) >= 11 is 0. The minimum Gasteiger partial charge on any atom is -0.339 e. The molecule has 3 rings (SSSR count). The molecule has 0 aliphatic carbocycles. The Morgan fingerprint density at radius 1 is 1.14 bits per heavy atom. The molecule has 1 heterocycles. The van der Waals surface area contributed by atoms with Gasteiger partial charge in [0.25, 0.3) is 11.6 Å². The maximum Gasteiger partial charge on any atom is 0.272 e. The number of aryl methyl sites for hydroxylation is 1. The Hall–Kier alpha value is -2.78. The first-order valence-electron chi connectivity index (χ1n) is 8.89. The highest BCUT2D eigenvalue weighted by Gasteiger charge is 2.27. The lowest BCUT2D eigenvalue weighted by Crippen LogP contribution is -2.46. The SMILES string of the molecule is Cc1cc(C(=O)N2CCC(NS(=O)(=O)c3ccccc3)CC2)ccc1[N+](=O)[O-]. The van der Waals surface area contributed by atoms with Gasteiger partial charge in [-0.25, -0.2) is 13.1 Å². The summed E-state index contributed by atoms with van der Waals surface area (Å²) in [6.45, 7) is 2.42. The molecule has 1 amide bonds. The Morgan fingerprint density at radius 2 is 1.79 bits per heavy atom. The van der Waals surface area contributed by atoms with E-state index in [1.54, 1.807) is 30.0 Å². The zero-order chi connectivity index (χ0) is 20.3. The molecule has 1 N–H and O–H groups in total. The Kier molecular flexibility index (Phi) is 5.76. The summed E-state index contributed by atoms with van der Waals surface area (Å²) in [5.74, 6) is -0.206. The average molecular weight is 403 g/mol. The van der Waals surface area contributed by atoms with Gasteiger partial charge in [0.05, 0.1) is 9.82 Å². The number of rotatable bonds is 5. The standard InChI is InChI=1S/C19H21N3O5S/c1-14-13-15(7-8-18(14)22(24)25)19(23)21-11-9-16(10-12-21)20-28(26,27)17-5-3-2-4-6-17/h2-8,13,16,20H,9-12H2,1H3. The zero-order valence-electron chi connectivity index (χ0n) is 15.4. The van der Waals surface area contributed by atoms with E-state index in [1.165, 1.54) is 30.3 Å². The minimum absolute atomic E-state index is 0.0226. The molecule has 0 atom stereocenters. The average Bonchev–Trinajstić information content (AvgIpc) is 2.68. The molecule has 0 unspecified atom stereocenters. The van der Waals surface area contributed by atoms with Gasteiger partial charge in [0.2, 0.25) is 10.0 Å². The van der Waals surface area contributed by atoms with E-state index >= 15 is 0 Å². The van der Waals surface area contributed by atoms with Crippen LogP contribution in [0, 0.1) is 17.0 Å². The highest BCUT2D eigenvalue weighted by molar-refractivity contribution is 7.89. The molecule has 148 valence electrons. The van der Waals surface area contributed by atoms with E-state index in [2.05, 4.69) is 4.72 Å². The first kappa shape index (κ1) is 20.0. The Bertz CT molecular complexity index is 984. The molecule has 1 aliphatic rings. The second-order valence-electron chi connectivity index (χ2n) is 6.76. The van der Waals surface area contributed by atoms with Crippen molar-refractivity contribution < 1.29 is 18.1 Å². The largest absolute Gasteiger partial charge is 0.339 e. The maximum absolute atomic E-state index is 12.7. The number of nitrogens with one attached hydrogen (secondary N) is 1. The van der Waals surface area contributed by atoms with Crippen LogP contribution in [0.3, 0.4) is 0 Å². The molecular weight excluding hydrogens is 382 g/mol. The first-order chi connectivity index (χ1) is 13.3. The molecule has 0 radical (unpaired) electrons. The lowest BCUT2D eigenvalue weighted by atomic mass is 10.0. The quantitative estimate of drug-likeness (QED) is 0.609. The number of likely N-dealkylation sites (tertiary alicyclic amines) is 1. The van der Waals surface area contributed by atoms with Gasteiger partial charge < -0.3 is 4.90 Å². The van der Waals surface area contributed by atoms with Crippen molar-refractivity contribution in [1.82, 2.24) is 9.62 Å². The Labute approximate surface area is 163 Å². The molecule has 28 heavy (non-hydrogen) atoms. The van der Waals surface area contributed by atoms with Gasteiger partial charge in [0.1, 0.15) is 0 Å². The summed E-state index contributed by atoms with van der Waals surface area (Å²) in [5.41, 5.74) is 0.804. The second-order valence-corrected chi connectivity index (χ2v) is 8.47. The van der Waals surface area contributed by atoms with Crippen LogP contribution in [0.4, 0.5) is 5.69 Å². The summed E-state index contributed by atoms with van der Waals surface area (Å²) in [7, 11) is -3.59. The summed E-state index contributed by atoms with van der Waals surface area (Å²) in [4.78, 5) is 25.0. The predicted octanol–water partition coefficient (Wildman–Crippen LogP) is 2.49. The fourth-order valence-corrected chi connectivity index (χ4v) is 4.59. The van der Waals surface area contributed by atoms with Gasteiger partial charge in [0, 0.05) is 36.3 Å². The van der Waals surface area contributed by atoms with E-state index in [0.717, 1.165) is 0 Å². The van der Waals surface area contributed by atoms with E-state index < -0.39 is 14.9 Å². The number of carbonyl (C=O) groups excluding carboxylic acids is 1. The van der Waals surface area contributed by atoms with Crippen molar-refractivity contribution in [3.63, 3.8) is 0 Å². The van der Waals surface area contributed by atoms with E-state index in [-0.39, 0.29) is 22.5 Å². The smallest absolute Gasteiger partial charge is 0.272 e. The fraction of sp³-hybridized carbons (Fsp3) is 0.316. The van der Waals surface area contributed by atoms with Crippen molar-refractivity contribution in [2.45, 2.75) is 30.7 Å². The van der Waals surface area contributed by atoms with Crippen molar-refractivity contribution in [3.05, 3.63) is 69.8 Å². The third-order valence-corrected chi connectivity index (χ3v) is 6.33. The van der Waals surface area contributed by atoms with Gasteiger partial charge in [-0.05, 0) is 44.0 Å². The molecule has 1 saturated heterocycles. The van der Waals surface area contributed by atoms with Gasteiger partial charge in [-0.3, -0.25) is 14.9 Å². The number of sulfonamides is 1. The van der Waals surface area contributed by atoms with E-state index in [0.29, 0.717) is 37.1 Å². The van der Waals surface area contributed by atoms with Crippen molar-refractivity contribution in [2.75, 3.05) is 13.1 Å². The molecule has 9 heteroatoms. The second kappa shape index (κ2) is 8.07. The van der Waals surface area contributed by atoms with E-state index in [1.807, 2.05) is 0 Å². The van der Waals surface area contributed by atoms with Gasteiger partial charge in [0.15, 0.2) is 0 Å². The molecule has 1 fully saturated rings. The van der Waals surface area contributed by atoms with Crippen molar-refractivity contribution in [2.24, 2.45) is 0 Å². The predicted molar refractivity (Wildman–Crippen MR) is 104 cm³/mol. The van der Waals surface area contributed by atoms with Gasteiger partial charge >= 0.3 is 0 Å². The van der Waals surface area contributed by atoms with Crippen LogP contribution in [0.2, 0.25) is 0 Å². The lowest BCUT2D eigenvalue weighted by molar-refractivity contribution is -0.385. The number of hydrogen-bond donors (Lipinski definition) is 1. The number of nitrogens with zero attached hydrogens (tertiary/aromatic N) is 2. The first-order valence-corrected chi connectivity index (χ1v) is 10.4. The number of amides is 1. The summed E-state index contributed by atoms with van der Waals surface area (Å²) < 4.78 is 27.5. The van der Waals surface area contributed by atoms with E-state index in [9.17, 15) is 23.3 Å². The molecule has 0 bridgehead atoms. The van der Waals surface area contributed by atoms with Crippen LogP contribution >= 0.6 is 0 Å². The van der Waals surface area contributed by atoms with E-state index in [4.69, 9.17) is 0 Å². The molecule has 2 aromatic carbocycles. The number of nitro groups is 1.